The number of ether oxygens (including phenoxy) is 2. The van der Waals surface area contributed by atoms with Gasteiger partial charge in [-0.15, -0.1) is 0 Å². The first kappa shape index (κ1) is 10.5. The number of benzene rings is 1. The molecule has 0 bridgehead atoms. The van der Waals surface area contributed by atoms with Gasteiger partial charge in [0.1, 0.15) is 11.5 Å². The molecule has 1 aromatic heterocycles. The Labute approximate surface area is 93.8 Å². The number of methoxy groups -OCH3 is 2. The molecule has 16 heavy (non-hydrogen) atoms. The van der Waals surface area contributed by atoms with Gasteiger partial charge in [-0.3, -0.25) is 0 Å². The van der Waals surface area contributed by atoms with E-state index in [4.69, 9.17) is 14.0 Å². The van der Waals surface area contributed by atoms with Crippen molar-refractivity contribution in [3.63, 3.8) is 0 Å². The van der Waals surface area contributed by atoms with Gasteiger partial charge >= 0.3 is 0 Å². The molecule has 4 heteroatoms. The molecule has 0 atom stereocenters. The minimum atomic E-state index is 0.683. The maximum absolute atomic E-state index is 5.37. The van der Waals surface area contributed by atoms with Crippen molar-refractivity contribution in [3.05, 3.63) is 30.0 Å². The third kappa shape index (κ3) is 1.62. The fraction of sp³-hybridized carbons (Fsp3) is 0.250. The van der Waals surface area contributed by atoms with Gasteiger partial charge in [-0.1, -0.05) is 5.16 Å². The van der Waals surface area contributed by atoms with E-state index in [2.05, 4.69) is 5.16 Å². The van der Waals surface area contributed by atoms with E-state index < -0.39 is 0 Å². The van der Waals surface area contributed by atoms with E-state index >= 15 is 0 Å². The Morgan fingerprint density at radius 3 is 2.50 bits per heavy atom. The summed E-state index contributed by atoms with van der Waals surface area (Å²) in [6.45, 7) is 1.94. The fourth-order valence-corrected chi connectivity index (χ4v) is 1.71. The first-order valence-electron chi connectivity index (χ1n) is 4.90. The molecule has 2 aromatic rings. The molecule has 0 aliphatic heterocycles. The summed E-state index contributed by atoms with van der Waals surface area (Å²) in [5.74, 6) is 2.22. The summed E-state index contributed by atoms with van der Waals surface area (Å²) in [6, 6.07) is 5.57. The molecule has 0 unspecified atom stereocenters. The summed E-state index contributed by atoms with van der Waals surface area (Å²) in [4.78, 5) is 0. The lowest BCUT2D eigenvalue weighted by molar-refractivity contribution is 0.386. The summed E-state index contributed by atoms with van der Waals surface area (Å²) < 4.78 is 15.7. The number of aromatic nitrogens is 1. The van der Waals surface area contributed by atoms with Crippen LogP contribution in [0.15, 0.2) is 28.9 Å². The van der Waals surface area contributed by atoms with Crippen molar-refractivity contribution in [2.45, 2.75) is 6.92 Å². The zero-order valence-electron chi connectivity index (χ0n) is 9.48. The molecule has 0 radical (unpaired) electrons. The van der Waals surface area contributed by atoms with E-state index in [1.54, 1.807) is 26.5 Å². The molecular weight excluding hydrogens is 206 g/mol. The summed E-state index contributed by atoms with van der Waals surface area (Å²) in [7, 11) is 3.26. The molecule has 4 nitrogen and oxygen atoms in total. The minimum absolute atomic E-state index is 0.683. The quantitative estimate of drug-likeness (QED) is 0.796. The van der Waals surface area contributed by atoms with Crippen LogP contribution in [0.4, 0.5) is 0 Å². The Kier molecular flexibility index (Phi) is 2.81. The van der Waals surface area contributed by atoms with Gasteiger partial charge < -0.3 is 14.0 Å². The molecule has 84 valence electrons. The molecule has 1 heterocycles. The third-order valence-electron chi connectivity index (χ3n) is 2.48. The Morgan fingerprint density at radius 2 is 1.94 bits per heavy atom. The average Bonchev–Trinajstić information content (AvgIpc) is 2.82. The van der Waals surface area contributed by atoms with Gasteiger partial charge in [0.05, 0.1) is 26.0 Å². The average molecular weight is 219 g/mol. The van der Waals surface area contributed by atoms with Crippen molar-refractivity contribution < 1.29 is 14.0 Å². The summed E-state index contributed by atoms with van der Waals surface area (Å²) in [5, 5.41) is 3.68. The lowest BCUT2D eigenvalue weighted by atomic mass is 10.1. The lowest BCUT2D eigenvalue weighted by Crippen LogP contribution is -1.94. The second kappa shape index (κ2) is 4.26. The van der Waals surface area contributed by atoms with Crippen LogP contribution >= 0.6 is 0 Å². The zero-order valence-corrected chi connectivity index (χ0v) is 9.48. The van der Waals surface area contributed by atoms with Crippen LogP contribution in [0, 0.1) is 6.92 Å². The van der Waals surface area contributed by atoms with Crippen molar-refractivity contribution in [1.82, 2.24) is 5.16 Å². The molecule has 0 fully saturated rings. The second-order valence-corrected chi connectivity index (χ2v) is 3.35. The highest BCUT2D eigenvalue weighted by Crippen LogP contribution is 2.37. The van der Waals surface area contributed by atoms with Crippen LogP contribution in [0.5, 0.6) is 11.5 Å². The van der Waals surface area contributed by atoms with Crippen LogP contribution in [-0.4, -0.2) is 19.4 Å². The van der Waals surface area contributed by atoms with Crippen molar-refractivity contribution >= 4 is 0 Å². The molecule has 0 saturated carbocycles. The van der Waals surface area contributed by atoms with E-state index in [9.17, 15) is 0 Å². The Hall–Kier alpha value is -1.97. The summed E-state index contributed by atoms with van der Waals surface area (Å²) >= 11 is 0. The molecule has 0 saturated heterocycles. The van der Waals surface area contributed by atoms with Crippen molar-refractivity contribution in [3.8, 4) is 22.8 Å². The number of rotatable bonds is 3. The largest absolute Gasteiger partial charge is 0.496 e. The summed E-state index contributed by atoms with van der Waals surface area (Å²) in [6.07, 6.45) is 1.61. The number of hydrogen-bond acceptors (Lipinski definition) is 4. The third-order valence-corrected chi connectivity index (χ3v) is 2.48. The minimum Gasteiger partial charge on any atom is -0.496 e. The van der Waals surface area contributed by atoms with Gasteiger partial charge in [0.15, 0.2) is 5.76 Å². The smallest absolute Gasteiger partial charge is 0.170 e. The second-order valence-electron chi connectivity index (χ2n) is 3.35. The lowest BCUT2D eigenvalue weighted by Gasteiger charge is -2.12. The van der Waals surface area contributed by atoms with Crippen molar-refractivity contribution in [1.29, 1.82) is 0 Å². The first-order valence-corrected chi connectivity index (χ1v) is 4.90. The first-order chi connectivity index (χ1) is 7.77. The molecular formula is C12H13NO3. The maximum Gasteiger partial charge on any atom is 0.170 e. The Balaban J connectivity index is 2.59. The SMILES string of the molecule is COc1ccc(-c2ccno2)c(OC)c1C. The predicted molar refractivity (Wildman–Crippen MR) is 59.8 cm³/mol. The van der Waals surface area contributed by atoms with Gasteiger partial charge in [0, 0.05) is 11.6 Å². The van der Waals surface area contributed by atoms with Gasteiger partial charge in [-0.25, -0.2) is 0 Å². The van der Waals surface area contributed by atoms with Crippen LogP contribution in [0.1, 0.15) is 5.56 Å². The fourth-order valence-electron chi connectivity index (χ4n) is 1.71. The monoisotopic (exact) mass is 219 g/mol. The van der Waals surface area contributed by atoms with E-state index in [-0.39, 0.29) is 0 Å². The van der Waals surface area contributed by atoms with Crippen molar-refractivity contribution in [2.75, 3.05) is 14.2 Å². The van der Waals surface area contributed by atoms with E-state index in [1.165, 1.54) is 0 Å². The van der Waals surface area contributed by atoms with E-state index in [0.29, 0.717) is 5.76 Å². The topological polar surface area (TPSA) is 44.5 Å². The van der Waals surface area contributed by atoms with Crippen LogP contribution in [-0.2, 0) is 0 Å². The van der Waals surface area contributed by atoms with E-state index in [1.807, 2.05) is 19.1 Å². The van der Waals surface area contributed by atoms with Gasteiger partial charge in [-0.05, 0) is 19.1 Å². The molecule has 0 aliphatic rings. The molecule has 1 aromatic carbocycles. The van der Waals surface area contributed by atoms with Crippen LogP contribution < -0.4 is 9.47 Å². The van der Waals surface area contributed by atoms with Crippen LogP contribution in [0.25, 0.3) is 11.3 Å². The highest BCUT2D eigenvalue weighted by atomic mass is 16.5. The Bertz CT molecular complexity index is 477. The van der Waals surface area contributed by atoms with Crippen LogP contribution in [0.2, 0.25) is 0 Å². The number of nitrogens with zero attached hydrogens (tertiary/aromatic N) is 1. The molecule has 0 amide bonds. The molecule has 0 N–H and O–H groups in total. The van der Waals surface area contributed by atoms with Crippen LogP contribution in [0.3, 0.4) is 0 Å². The van der Waals surface area contributed by atoms with E-state index in [0.717, 1.165) is 22.6 Å². The standard InChI is InChI=1S/C12H13NO3/c1-8-10(14-2)5-4-9(12(8)15-3)11-6-7-13-16-11/h4-7H,1-3H3. The summed E-state index contributed by atoms with van der Waals surface area (Å²) in [5.41, 5.74) is 1.82. The van der Waals surface area contributed by atoms with Gasteiger partial charge in [0.25, 0.3) is 0 Å². The van der Waals surface area contributed by atoms with Crippen molar-refractivity contribution in [2.24, 2.45) is 0 Å². The maximum atomic E-state index is 5.37. The predicted octanol–water partition coefficient (Wildman–Crippen LogP) is 2.67. The van der Waals surface area contributed by atoms with Gasteiger partial charge in [-0.2, -0.15) is 0 Å². The van der Waals surface area contributed by atoms with Gasteiger partial charge in [0.2, 0.25) is 0 Å². The Morgan fingerprint density at radius 1 is 1.12 bits per heavy atom. The molecule has 0 aliphatic carbocycles. The number of hydrogen-bond donors (Lipinski definition) is 0. The highest BCUT2D eigenvalue weighted by molar-refractivity contribution is 5.70. The molecule has 2 rings (SSSR count). The zero-order chi connectivity index (χ0) is 11.5. The molecule has 0 spiro atoms. The highest BCUT2D eigenvalue weighted by Gasteiger charge is 2.14. The normalized spacial score (nSPS) is 10.2.